The lowest BCUT2D eigenvalue weighted by atomic mass is 9.97. The summed E-state index contributed by atoms with van der Waals surface area (Å²) in [5, 5.41) is 18.3. The predicted molar refractivity (Wildman–Crippen MR) is 231 cm³/mol. The average Bonchev–Trinajstić information content (AvgIpc) is 3.97. The summed E-state index contributed by atoms with van der Waals surface area (Å²) in [5.41, 5.74) is 12.3. The summed E-state index contributed by atoms with van der Waals surface area (Å²) in [5.74, 6) is 0. The molecule has 11 aromatic rings. The molecule has 6 heteroatoms. The minimum Gasteiger partial charge on any atom is -0.455 e. The molecule has 272 valence electrons. The fourth-order valence-corrected chi connectivity index (χ4v) is 9.24. The Morgan fingerprint density at radius 2 is 0.825 bits per heavy atom. The molecule has 0 aliphatic carbocycles. The van der Waals surface area contributed by atoms with Gasteiger partial charge in [0.05, 0.1) is 40.6 Å². The maximum atomic E-state index is 6.88. The lowest BCUT2D eigenvalue weighted by Crippen LogP contribution is -2.54. The van der Waals surface area contributed by atoms with Crippen LogP contribution < -0.4 is 16.0 Å². The van der Waals surface area contributed by atoms with Gasteiger partial charge in [-0.15, -0.1) is 0 Å². The first kappa shape index (κ1) is 32.3. The molecule has 2 unspecified atom stereocenters. The van der Waals surface area contributed by atoms with Gasteiger partial charge < -0.3 is 13.4 Å². The van der Waals surface area contributed by atoms with Gasteiger partial charge in [-0.3, -0.25) is 16.0 Å². The largest absolute Gasteiger partial charge is 0.455 e. The van der Waals surface area contributed by atoms with E-state index >= 15 is 0 Å². The van der Waals surface area contributed by atoms with Crippen LogP contribution in [0.4, 0.5) is 0 Å². The second kappa shape index (κ2) is 12.8. The number of fused-ring (bicyclic) bond motifs is 9. The fraction of sp³-hybridized carbons (Fsp3) is 0.0588. The number of benzene rings is 8. The molecular formula is C51H36N4O2. The van der Waals surface area contributed by atoms with Crippen LogP contribution in [0.25, 0.3) is 82.5 Å². The second-order valence-corrected chi connectivity index (χ2v) is 14.9. The molecule has 6 nitrogen and oxygen atoms in total. The van der Waals surface area contributed by atoms with E-state index in [2.05, 4.69) is 203 Å². The number of aromatic nitrogens is 1. The summed E-state index contributed by atoms with van der Waals surface area (Å²) in [6.45, 7) is 0. The molecule has 3 N–H and O–H groups in total. The molecular weight excluding hydrogens is 701 g/mol. The zero-order chi connectivity index (χ0) is 37.5. The molecule has 0 radical (unpaired) electrons. The highest BCUT2D eigenvalue weighted by Crippen LogP contribution is 2.45. The van der Waals surface area contributed by atoms with Crippen molar-refractivity contribution in [3.8, 4) is 16.8 Å². The lowest BCUT2D eigenvalue weighted by molar-refractivity contribution is 0.204. The normalized spacial score (nSPS) is 17.4. The first-order valence-electron chi connectivity index (χ1n) is 19.5. The van der Waals surface area contributed by atoms with Crippen LogP contribution in [-0.4, -0.2) is 4.57 Å². The predicted octanol–water partition coefficient (Wildman–Crippen LogP) is 12.4. The van der Waals surface area contributed by atoms with Gasteiger partial charge in [-0.05, 0) is 47.0 Å². The van der Waals surface area contributed by atoms with Gasteiger partial charge in [0.15, 0.2) is 0 Å². The fourth-order valence-electron chi connectivity index (χ4n) is 9.24. The number of hydrogen-bond donors (Lipinski definition) is 3. The van der Waals surface area contributed by atoms with Crippen LogP contribution in [0.1, 0.15) is 35.2 Å². The smallest absolute Gasteiger partial charge is 0.143 e. The Morgan fingerprint density at radius 3 is 1.42 bits per heavy atom. The van der Waals surface area contributed by atoms with Gasteiger partial charge in [0.1, 0.15) is 22.3 Å². The van der Waals surface area contributed by atoms with Crippen LogP contribution in [0.15, 0.2) is 191 Å². The van der Waals surface area contributed by atoms with Crippen molar-refractivity contribution in [3.05, 3.63) is 199 Å². The lowest BCUT2D eigenvalue weighted by Gasteiger charge is -2.39. The Kier molecular flexibility index (Phi) is 7.25. The Morgan fingerprint density at radius 1 is 0.368 bits per heavy atom. The maximum Gasteiger partial charge on any atom is 0.143 e. The topological polar surface area (TPSA) is 67.3 Å². The molecule has 4 heterocycles. The van der Waals surface area contributed by atoms with Crippen molar-refractivity contribution in [1.29, 1.82) is 0 Å². The van der Waals surface area contributed by atoms with Crippen molar-refractivity contribution >= 4 is 65.7 Å². The van der Waals surface area contributed by atoms with Crippen LogP contribution in [0.2, 0.25) is 0 Å². The van der Waals surface area contributed by atoms with Gasteiger partial charge in [0.25, 0.3) is 0 Å². The van der Waals surface area contributed by atoms with Crippen LogP contribution in [0.3, 0.4) is 0 Å². The highest BCUT2D eigenvalue weighted by atomic mass is 16.3. The van der Waals surface area contributed by atoms with Gasteiger partial charge in [0.2, 0.25) is 0 Å². The zero-order valence-corrected chi connectivity index (χ0v) is 30.8. The number of rotatable bonds is 5. The van der Waals surface area contributed by atoms with Crippen molar-refractivity contribution in [2.75, 3.05) is 0 Å². The third-order valence-electron chi connectivity index (χ3n) is 11.7. The van der Waals surface area contributed by atoms with E-state index in [4.69, 9.17) is 8.83 Å². The quantitative estimate of drug-likeness (QED) is 0.164. The molecule has 2 atom stereocenters. The second-order valence-electron chi connectivity index (χ2n) is 14.9. The van der Waals surface area contributed by atoms with E-state index in [0.29, 0.717) is 0 Å². The average molecular weight is 737 g/mol. The van der Waals surface area contributed by atoms with E-state index in [1.165, 1.54) is 32.9 Å². The van der Waals surface area contributed by atoms with Gasteiger partial charge in [-0.2, -0.15) is 0 Å². The molecule has 1 fully saturated rings. The molecule has 3 aromatic heterocycles. The molecule has 12 rings (SSSR count). The van der Waals surface area contributed by atoms with E-state index in [-0.39, 0.29) is 18.5 Å². The molecule has 57 heavy (non-hydrogen) atoms. The van der Waals surface area contributed by atoms with Crippen molar-refractivity contribution in [2.24, 2.45) is 0 Å². The standard InChI is InChI=1S/C51H36N4O2/c1-3-15-31(16-4-1)49-52-50(32-17-5-2-6-18-32)54-51(53-49)39-25-13-29-43-45(39)37-23-11-21-35(47(37)56-43)36-22-12-24-38-46-42(28-14-30-44(46)57-48(36)38)55-40-26-9-7-19-33(40)34-20-8-10-27-41(34)55/h1-30,49-54H. The minimum absolute atomic E-state index is 0.0789. The Bertz CT molecular complexity index is 3210. The first-order valence-corrected chi connectivity index (χ1v) is 19.5. The molecule has 0 amide bonds. The molecule has 1 saturated heterocycles. The molecule has 1 aliphatic rings. The van der Waals surface area contributed by atoms with Crippen molar-refractivity contribution in [3.63, 3.8) is 0 Å². The minimum atomic E-state index is -0.173. The van der Waals surface area contributed by atoms with E-state index in [1.807, 2.05) is 0 Å². The number of hydrogen-bond acceptors (Lipinski definition) is 5. The van der Waals surface area contributed by atoms with Crippen molar-refractivity contribution in [1.82, 2.24) is 20.5 Å². The molecule has 1 aliphatic heterocycles. The van der Waals surface area contributed by atoms with Gasteiger partial charge in [-0.1, -0.05) is 152 Å². The van der Waals surface area contributed by atoms with E-state index < -0.39 is 0 Å². The Hall–Kier alpha value is -6.96. The highest BCUT2D eigenvalue weighted by Gasteiger charge is 2.31. The summed E-state index contributed by atoms with van der Waals surface area (Å²) >= 11 is 0. The molecule has 0 spiro atoms. The van der Waals surface area contributed by atoms with Gasteiger partial charge >= 0.3 is 0 Å². The Balaban J connectivity index is 1.02. The van der Waals surface area contributed by atoms with E-state index in [0.717, 1.165) is 66.3 Å². The summed E-state index contributed by atoms with van der Waals surface area (Å²) < 4.78 is 16.1. The van der Waals surface area contributed by atoms with Gasteiger partial charge in [0, 0.05) is 38.1 Å². The molecule has 0 bridgehead atoms. The van der Waals surface area contributed by atoms with Crippen LogP contribution >= 0.6 is 0 Å². The summed E-state index contributed by atoms with van der Waals surface area (Å²) in [7, 11) is 0. The van der Waals surface area contributed by atoms with Crippen LogP contribution in [0.5, 0.6) is 0 Å². The zero-order valence-electron chi connectivity index (χ0n) is 30.8. The summed E-state index contributed by atoms with van der Waals surface area (Å²) in [6, 6.07) is 64.1. The van der Waals surface area contributed by atoms with Crippen molar-refractivity contribution in [2.45, 2.75) is 18.5 Å². The third kappa shape index (κ3) is 5.02. The SMILES string of the molecule is c1ccc(C2NC(c3ccccc3)NC(c3cccc4oc5c(-c6cccc7c6oc6cccc(-n8c9ccccc9c9ccccc98)c67)cccc5c34)N2)cc1. The molecule has 0 saturated carbocycles. The van der Waals surface area contributed by atoms with E-state index in [1.54, 1.807) is 0 Å². The number of nitrogens with one attached hydrogen (secondary N) is 3. The summed E-state index contributed by atoms with van der Waals surface area (Å²) in [4.78, 5) is 0. The number of nitrogens with zero attached hydrogens (tertiary/aromatic N) is 1. The summed E-state index contributed by atoms with van der Waals surface area (Å²) in [6.07, 6.45) is -0.331. The molecule has 8 aromatic carbocycles. The van der Waals surface area contributed by atoms with Crippen LogP contribution in [-0.2, 0) is 0 Å². The monoisotopic (exact) mass is 736 g/mol. The van der Waals surface area contributed by atoms with E-state index in [9.17, 15) is 0 Å². The number of furan rings is 2. The van der Waals surface area contributed by atoms with Crippen LogP contribution in [0, 0.1) is 0 Å². The first-order chi connectivity index (χ1) is 28.3. The Labute approximate surface area is 327 Å². The number of para-hydroxylation sites is 4. The highest BCUT2D eigenvalue weighted by molar-refractivity contribution is 6.18. The van der Waals surface area contributed by atoms with Crippen molar-refractivity contribution < 1.29 is 8.83 Å². The maximum absolute atomic E-state index is 6.88. The third-order valence-corrected chi connectivity index (χ3v) is 11.7. The van der Waals surface area contributed by atoms with Gasteiger partial charge in [-0.25, -0.2) is 0 Å².